The van der Waals surface area contributed by atoms with Crippen LogP contribution in [0.3, 0.4) is 0 Å². The number of rotatable bonds is 5. The lowest BCUT2D eigenvalue weighted by atomic mass is 9.90. The van der Waals surface area contributed by atoms with Gasteiger partial charge < -0.3 is 9.84 Å². The smallest absolute Gasteiger partial charge is 0.0932 e. The molecule has 2 nitrogen and oxygen atoms in total. The molecule has 0 amide bonds. The maximum Gasteiger partial charge on any atom is 0.0932 e. The van der Waals surface area contributed by atoms with Gasteiger partial charge in [-0.1, -0.05) is 49.3 Å². The molecule has 1 fully saturated rings. The standard InChI is InChI=1S/C18H26O2/c1-14(2)15-7-9-16(10-8-15)18(11-5-6-12-18)20-13-17(3,4)19/h7-10,19H,1,5-6,11-13H2,2-4H3. The predicted octanol–water partition coefficient (Wildman–Crippen LogP) is 4.28. The summed E-state index contributed by atoms with van der Waals surface area (Å²) in [6.45, 7) is 9.95. The van der Waals surface area contributed by atoms with Crippen molar-refractivity contribution in [3.05, 3.63) is 42.0 Å². The van der Waals surface area contributed by atoms with Crippen molar-refractivity contribution in [2.45, 2.75) is 57.7 Å². The molecule has 0 radical (unpaired) electrons. The van der Waals surface area contributed by atoms with E-state index in [9.17, 15) is 5.11 Å². The summed E-state index contributed by atoms with van der Waals surface area (Å²) < 4.78 is 6.17. The first-order valence-electron chi connectivity index (χ1n) is 7.45. The summed E-state index contributed by atoms with van der Waals surface area (Å²) in [6.07, 6.45) is 4.45. The maximum atomic E-state index is 9.92. The summed E-state index contributed by atoms with van der Waals surface area (Å²) in [6, 6.07) is 8.54. The van der Waals surface area contributed by atoms with Gasteiger partial charge in [-0.25, -0.2) is 0 Å². The SMILES string of the molecule is C=C(C)c1ccc(C2(OCC(C)(C)O)CCCC2)cc1. The Morgan fingerprint density at radius 1 is 1.25 bits per heavy atom. The second-order valence-electron chi connectivity index (χ2n) is 6.66. The lowest BCUT2D eigenvalue weighted by molar-refractivity contribution is -0.109. The molecular weight excluding hydrogens is 248 g/mol. The highest BCUT2D eigenvalue weighted by Crippen LogP contribution is 2.42. The molecule has 20 heavy (non-hydrogen) atoms. The van der Waals surface area contributed by atoms with E-state index in [0.29, 0.717) is 6.61 Å². The predicted molar refractivity (Wildman–Crippen MR) is 83.5 cm³/mol. The first kappa shape index (κ1) is 15.3. The topological polar surface area (TPSA) is 29.5 Å². The van der Waals surface area contributed by atoms with Crippen molar-refractivity contribution in [2.75, 3.05) is 6.61 Å². The number of hydrogen-bond acceptors (Lipinski definition) is 2. The highest BCUT2D eigenvalue weighted by atomic mass is 16.5. The van der Waals surface area contributed by atoms with Gasteiger partial charge in [0.25, 0.3) is 0 Å². The highest BCUT2D eigenvalue weighted by molar-refractivity contribution is 5.61. The van der Waals surface area contributed by atoms with Gasteiger partial charge in [0.1, 0.15) is 0 Å². The summed E-state index contributed by atoms with van der Waals surface area (Å²) in [4.78, 5) is 0. The summed E-state index contributed by atoms with van der Waals surface area (Å²) in [5.41, 5.74) is 2.48. The molecular formula is C18H26O2. The van der Waals surface area contributed by atoms with Crippen LogP contribution in [-0.2, 0) is 10.3 Å². The zero-order valence-electron chi connectivity index (χ0n) is 12.9. The van der Waals surface area contributed by atoms with Crippen LogP contribution in [0.4, 0.5) is 0 Å². The zero-order valence-corrected chi connectivity index (χ0v) is 12.9. The fourth-order valence-electron chi connectivity index (χ4n) is 2.84. The van der Waals surface area contributed by atoms with E-state index in [1.807, 2.05) is 6.92 Å². The van der Waals surface area contributed by atoms with Gasteiger partial charge in [-0.05, 0) is 44.7 Å². The van der Waals surface area contributed by atoms with E-state index < -0.39 is 5.60 Å². The van der Waals surface area contributed by atoms with Crippen molar-refractivity contribution in [2.24, 2.45) is 0 Å². The fraction of sp³-hybridized carbons (Fsp3) is 0.556. The molecule has 2 rings (SSSR count). The summed E-state index contributed by atoms with van der Waals surface area (Å²) in [5.74, 6) is 0. The van der Waals surface area contributed by atoms with E-state index in [4.69, 9.17) is 4.74 Å². The van der Waals surface area contributed by atoms with E-state index in [0.717, 1.165) is 18.4 Å². The van der Waals surface area contributed by atoms with Crippen molar-refractivity contribution in [3.63, 3.8) is 0 Å². The number of hydrogen-bond donors (Lipinski definition) is 1. The fourth-order valence-corrected chi connectivity index (χ4v) is 2.84. The van der Waals surface area contributed by atoms with Crippen LogP contribution in [0.1, 0.15) is 57.6 Å². The Bertz CT molecular complexity index is 459. The number of ether oxygens (including phenoxy) is 1. The van der Waals surface area contributed by atoms with Crippen molar-refractivity contribution in [3.8, 4) is 0 Å². The van der Waals surface area contributed by atoms with Crippen LogP contribution in [0.25, 0.3) is 5.57 Å². The molecule has 0 aliphatic heterocycles. The Kier molecular flexibility index (Phi) is 4.36. The van der Waals surface area contributed by atoms with Gasteiger partial charge in [-0.15, -0.1) is 0 Å². The largest absolute Gasteiger partial charge is 0.388 e. The second-order valence-corrected chi connectivity index (χ2v) is 6.66. The minimum Gasteiger partial charge on any atom is -0.388 e. The third kappa shape index (κ3) is 3.50. The lowest BCUT2D eigenvalue weighted by Crippen LogP contribution is -2.34. The molecule has 0 aromatic heterocycles. The van der Waals surface area contributed by atoms with E-state index in [2.05, 4.69) is 30.8 Å². The minimum absolute atomic E-state index is 0.215. The van der Waals surface area contributed by atoms with Gasteiger partial charge in [0.05, 0.1) is 17.8 Å². The Balaban J connectivity index is 2.21. The van der Waals surface area contributed by atoms with Crippen LogP contribution in [0.5, 0.6) is 0 Å². The Morgan fingerprint density at radius 3 is 2.25 bits per heavy atom. The van der Waals surface area contributed by atoms with Crippen LogP contribution in [0.2, 0.25) is 0 Å². The molecule has 1 aliphatic carbocycles. The van der Waals surface area contributed by atoms with E-state index in [-0.39, 0.29) is 5.60 Å². The number of benzene rings is 1. The second kappa shape index (κ2) is 5.71. The Labute approximate surface area is 122 Å². The van der Waals surface area contributed by atoms with Crippen LogP contribution < -0.4 is 0 Å². The van der Waals surface area contributed by atoms with Crippen LogP contribution in [-0.4, -0.2) is 17.3 Å². The molecule has 2 heteroatoms. The summed E-state index contributed by atoms with van der Waals surface area (Å²) in [5, 5.41) is 9.92. The maximum absolute atomic E-state index is 9.92. The van der Waals surface area contributed by atoms with E-state index in [1.165, 1.54) is 24.0 Å². The molecule has 1 aromatic rings. The Hall–Kier alpha value is -1.12. The van der Waals surface area contributed by atoms with Gasteiger partial charge in [0, 0.05) is 0 Å². The molecule has 0 heterocycles. The molecule has 1 N–H and O–H groups in total. The van der Waals surface area contributed by atoms with Gasteiger partial charge >= 0.3 is 0 Å². The molecule has 0 spiro atoms. The molecule has 0 saturated heterocycles. The van der Waals surface area contributed by atoms with E-state index >= 15 is 0 Å². The van der Waals surface area contributed by atoms with Crippen LogP contribution in [0.15, 0.2) is 30.8 Å². The van der Waals surface area contributed by atoms with Crippen LogP contribution >= 0.6 is 0 Å². The first-order valence-corrected chi connectivity index (χ1v) is 7.45. The van der Waals surface area contributed by atoms with Crippen molar-refractivity contribution in [1.82, 2.24) is 0 Å². The van der Waals surface area contributed by atoms with Crippen molar-refractivity contribution >= 4 is 5.57 Å². The molecule has 1 aromatic carbocycles. The zero-order chi connectivity index (χ0) is 14.8. The first-order chi connectivity index (χ1) is 9.32. The summed E-state index contributed by atoms with van der Waals surface area (Å²) in [7, 11) is 0. The molecule has 0 atom stereocenters. The van der Waals surface area contributed by atoms with Gasteiger partial charge in [0.15, 0.2) is 0 Å². The van der Waals surface area contributed by atoms with E-state index in [1.54, 1.807) is 13.8 Å². The lowest BCUT2D eigenvalue weighted by Gasteiger charge is -2.33. The van der Waals surface area contributed by atoms with Gasteiger partial charge in [0.2, 0.25) is 0 Å². The molecule has 0 unspecified atom stereocenters. The monoisotopic (exact) mass is 274 g/mol. The average molecular weight is 274 g/mol. The quantitative estimate of drug-likeness (QED) is 0.868. The third-order valence-corrected chi connectivity index (χ3v) is 4.02. The number of allylic oxidation sites excluding steroid dienone is 1. The molecule has 1 aliphatic rings. The van der Waals surface area contributed by atoms with Gasteiger partial charge in [-0.3, -0.25) is 0 Å². The molecule has 0 bridgehead atoms. The van der Waals surface area contributed by atoms with Crippen molar-refractivity contribution in [1.29, 1.82) is 0 Å². The molecule has 1 saturated carbocycles. The van der Waals surface area contributed by atoms with Gasteiger partial charge in [-0.2, -0.15) is 0 Å². The minimum atomic E-state index is -0.784. The number of aliphatic hydroxyl groups is 1. The molecule has 110 valence electrons. The third-order valence-electron chi connectivity index (χ3n) is 4.02. The normalized spacial score (nSPS) is 18.2. The highest BCUT2D eigenvalue weighted by Gasteiger charge is 2.37. The van der Waals surface area contributed by atoms with Crippen molar-refractivity contribution < 1.29 is 9.84 Å². The average Bonchev–Trinajstić information content (AvgIpc) is 2.86. The summed E-state index contributed by atoms with van der Waals surface area (Å²) >= 11 is 0. The van der Waals surface area contributed by atoms with Crippen LogP contribution in [0, 0.1) is 0 Å². The Morgan fingerprint density at radius 2 is 1.80 bits per heavy atom.